The van der Waals surface area contributed by atoms with Gasteiger partial charge in [-0.3, -0.25) is 0 Å². The number of hydrogen-bond donors (Lipinski definition) is 0. The quantitative estimate of drug-likeness (QED) is 0.148. The summed E-state index contributed by atoms with van der Waals surface area (Å²) >= 11 is 0. The van der Waals surface area contributed by atoms with Crippen LogP contribution in [0.4, 0.5) is 22.0 Å². The molecule has 0 aromatic heterocycles. The van der Waals surface area contributed by atoms with Crippen LogP contribution in [0.25, 0.3) is 0 Å². The van der Waals surface area contributed by atoms with Crippen LogP contribution < -0.4 is 9.47 Å². The van der Waals surface area contributed by atoms with Gasteiger partial charge in [0, 0.05) is 0 Å². The van der Waals surface area contributed by atoms with Crippen molar-refractivity contribution >= 4 is 5.97 Å². The number of rotatable bonds is 8. The first kappa shape index (κ1) is 20.7. The van der Waals surface area contributed by atoms with Crippen LogP contribution in [0.15, 0.2) is 24.3 Å². The van der Waals surface area contributed by atoms with E-state index >= 15 is 0 Å². The molecular formula is C19H17F5O3. The predicted molar refractivity (Wildman–Crippen MR) is 87.3 cm³/mol. The number of carbonyl (C=O) groups excluding carboxylic acids is 1. The maximum absolute atomic E-state index is 13.6. The van der Waals surface area contributed by atoms with Gasteiger partial charge in [0.05, 0.1) is 12.2 Å². The largest absolute Gasteiger partial charge is 0.494 e. The highest BCUT2D eigenvalue weighted by atomic mass is 19.2. The highest BCUT2D eigenvalue weighted by molar-refractivity contribution is 5.91. The molecule has 0 unspecified atom stereocenters. The summed E-state index contributed by atoms with van der Waals surface area (Å²) in [7, 11) is 0. The Morgan fingerprint density at radius 3 is 1.93 bits per heavy atom. The highest BCUT2D eigenvalue weighted by Crippen LogP contribution is 2.29. The van der Waals surface area contributed by atoms with Crippen LogP contribution in [0.3, 0.4) is 0 Å². The van der Waals surface area contributed by atoms with Crippen molar-refractivity contribution in [3.63, 3.8) is 0 Å². The van der Waals surface area contributed by atoms with Gasteiger partial charge in [-0.15, -0.1) is 0 Å². The fourth-order valence-corrected chi connectivity index (χ4v) is 2.23. The standard InChI is InChI=1S/C19H17F5O3/c1-2-3-4-5-10-26-12-8-6-11(7-9-12)19(25)27-18-16(23)14(21)13(20)15(22)17(18)24/h6-9H,2-5,10H2,1H3. The number of carbonyl (C=O) groups is 1. The van der Waals surface area contributed by atoms with Gasteiger partial charge in [-0.25, -0.2) is 18.0 Å². The number of benzene rings is 2. The molecule has 0 amide bonds. The molecule has 2 aromatic rings. The molecule has 2 aromatic carbocycles. The molecule has 0 bridgehead atoms. The number of esters is 1. The summed E-state index contributed by atoms with van der Waals surface area (Å²) in [4.78, 5) is 11.9. The molecule has 0 atom stereocenters. The summed E-state index contributed by atoms with van der Waals surface area (Å²) < 4.78 is 76.2. The highest BCUT2D eigenvalue weighted by Gasteiger charge is 2.28. The lowest BCUT2D eigenvalue weighted by Gasteiger charge is -2.09. The molecule has 0 aliphatic carbocycles. The second-order valence-electron chi connectivity index (χ2n) is 5.72. The van der Waals surface area contributed by atoms with E-state index in [-0.39, 0.29) is 5.56 Å². The average molecular weight is 388 g/mol. The van der Waals surface area contributed by atoms with E-state index in [1.54, 1.807) is 0 Å². The summed E-state index contributed by atoms with van der Waals surface area (Å²) in [5.74, 6) is -13.6. The minimum Gasteiger partial charge on any atom is -0.494 e. The molecule has 2 rings (SSSR count). The van der Waals surface area contributed by atoms with Gasteiger partial charge in [0.2, 0.25) is 34.8 Å². The van der Waals surface area contributed by atoms with Crippen molar-refractivity contribution < 1.29 is 36.2 Å². The number of halogens is 5. The molecule has 0 spiro atoms. The Hall–Kier alpha value is -2.64. The van der Waals surface area contributed by atoms with Crippen LogP contribution >= 0.6 is 0 Å². The van der Waals surface area contributed by atoms with Crippen molar-refractivity contribution in [2.24, 2.45) is 0 Å². The van der Waals surface area contributed by atoms with Crippen LogP contribution in [-0.4, -0.2) is 12.6 Å². The van der Waals surface area contributed by atoms with E-state index in [0.29, 0.717) is 12.4 Å². The first-order valence-electron chi connectivity index (χ1n) is 8.33. The third-order valence-corrected chi connectivity index (χ3v) is 3.72. The lowest BCUT2D eigenvalue weighted by molar-refractivity contribution is 0.0716. The van der Waals surface area contributed by atoms with E-state index in [0.717, 1.165) is 25.7 Å². The molecule has 0 aliphatic rings. The van der Waals surface area contributed by atoms with Crippen LogP contribution in [-0.2, 0) is 0 Å². The van der Waals surface area contributed by atoms with Crippen LogP contribution in [0.1, 0.15) is 43.0 Å². The molecule has 0 saturated carbocycles. The van der Waals surface area contributed by atoms with E-state index < -0.39 is 40.8 Å². The normalized spacial score (nSPS) is 10.7. The zero-order chi connectivity index (χ0) is 20.0. The van der Waals surface area contributed by atoms with Crippen molar-refractivity contribution in [1.29, 1.82) is 0 Å². The average Bonchev–Trinajstić information content (AvgIpc) is 2.68. The predicted octanol–water partition coefficient (Wildman–Crippen LogP) is 5.56. The summed E-state index contributed by atoms with van der Waals surface area (Å²) in [6.07, 6.45) is 4.10. The van der Waals surface area contributed by atoms with Gasteiger partial charge in [-0.2, -0.15) is 8.78 Å². The molecule has 8 heteroatoms. The Kier molecular flexibility index (Phi) is 7.15. The van der Waals surface area contributed by atoms with E-state index in [2.05, 4.69) is 11.7 Å². The molecule has 0 fully saturated rings. The van der Waals surface area contributed by atoms with Gasteiger partial charge in [0.25, 0.3) is 0 Å². The second kappa shape index (κ2) is 9.34. The third kappa shape index (κ3) is 4.96. The maximum atomic E-state index is 13.6. The Morgan fingerprint density at radius 1 is 0.815 bits per heavy atom. The Bertz CT molecular complexity index is 777. The zero-order valence-corrected chi connectivity index (χ0v) is 14.5. The Labute approximate surface area is 152 Å². The molecule has 146 valence electrons. The molecule has 0 aliphatic heterocycles. The number of hydrogen-bond acceptors (Lipinski definition) is 3. The SMILES string of the molecule is CCCCCCOc1ccc(C(=O)Oc2c(F)c(F)c(F)c(F)c2F)cc1. The number of unbranched alkanes of at least 4 members (excludes halogenated alkanes) is 3. The Morgan fingerprint density at radius 2 is 1.37 bits per heavy atom. The topological polar surface area (TPSA) is 35.5 Å². The van der Waals surface area contributed by atoms with Crippen molar-refractivity contribution in [3.8, 4) is 11.5 Å². The van der Waals surface area contributed by atoms with E-state index in [4.69, 9.17) is 4.74 Å². The van der Waals surface area contributed by atoms with E-state index in [1.807, 2.05) is 0 Å². The monoisotopic (exact) mass is 388 g/mol. The van der Waals surface area contributed by atoms with E-state index in [1.165, 1.54) is 24.3 Å². The van der Waals surface area contributed by atoms with Gasteiger partial charge >= 0.3 is 5.97 Å². The second-order valence-corrected chi connectivity index (χ2v) is 5.72. The summed E-state index contributed by atoms with van der Waals surface area (Å²) in [6.45, 7) is 2.58. The molecule has 0 heterocycles. The Balaban J connectivity index is 2.05. The smallest absolute Gasteiger partial charge is 0.343 e. The van der Waals surface area contributed by atoms with Crippen molar-refractivity contribution in [2.75, 3.05) is 6.61 Å². The first-order valence-corrected chi connectivity index (χ1v) is 8.33. The molecule has 0 saturated heterocycles. The third-order valence-electron chi connectivity index (χ3n) is 3.72. The van der Waals surface area contributed by atoms with Crippen molar-refractivity contribution in [3.05, 3.63) is 58.9 Å². The van der Waals surface area contributed by atoms with E-state index in [9.17, 15) is 26.7 Å². The fourth-order valence-electron chi connectivity index (χ4n) is 2.23. The molecule has 27 heavy (non-hydrogen) atoms. The van der Waals surface area contributed by atoms with Crippen LogP contribution in [0.5, 0.6) is 11.5 Å². The zero-order valence-electron chi connectivity index (χ0n) is 14.5. The minimum absolute atomic E-state index is 0.141. The first-order chi connectivity index (χ1) is 12.9. The van der Waals surface area contributed by atoms with Crippen LogP contribution in [0.2, 0.25) is 0 Å². The van der Waals surface area contributed by atoms with Gasteiger partial charge < -0.3 is 9.47 Å². The summed E-state index contributed by atoms with van der Waals surface area (Å²) in [6, 6.07) is 5.40. The fraction of sp³-hybridized carbons (Fsp3) is 0.316. The van der Waals surface area contributed by atoms with Gasteiger partial charge in [0.15, 0.2) is 0 Å². The van der Waals surface area contributed by atoms with Crippen molar-refractivity contribution in [1.82, 2.24) is 0 Å². The number of ether oxygens (including phenoxy) is 2. The van der Waals surface area contributed by atoms with Crippen molar-refractivity contribution in [2.45, 2.75) is 32.6 Å². The molecule has 3 nitrogen and oxygen atoms in total. The lowest BCUT2D eigenvalue weighted by atomic mass is 10.2. The van der Waals surface area contributed by atoms with Gasteiger partial charge in [-0.05, 0) is 30.7 Å². The summed E-state index contributed by atoms with van der Waals surface area (Å²) in [5.41, 5.74) is -0.141. The molecule has 0 radical (unpaired) electrons. The molecular weight excluding hydrogens is 371 g/mol. The molecule has 0 N–H and O–H groups in total. The van der Waals surface area contributed by atoms with Gasteiger partial charge in [-0.1, -0.05) is 26.2 Å². The lowest BCUT2D eigenvalue weighted by Crippen LogP contribution is -2.13. The van der Waals surface area contributed by atoms with Gasteiger partial charge in [0.1, 0.15) is 5.75 Å². The van der Waals surface area contributed by atoms with Crippen LogP contribution in [0, 0.1) is 29.1 Å². The minimum atomic E-state index is -2.33. The summed E-state index contributed by atoms with van der Waals surface area (Å²) in [5, 5.41) is 0. The maximum Gasteiger partial charge on any atom is 0.343 e.